The number of hydrogen-bond donors (Lipinski definition) is 6. The molecule has 1 saturated carbocycles. The standard InChI is InChI=1S/C24H30N8O10P2S2/c1-10-29-22-16(23(35)30-10)28-9-32(22)24-19-13(5-33)15(40-24)7-39-44(37,46)41-18-11(6-38-43(36,45)42-19)4-14(17(18)34)31-3-2-12-20(25)26-8-27-21(12)31/h2-3,8-9,11,13-15,17-19,24,33-34H,4-7H2,1H3,(H,36,45)(H,37,46)(H2,25,26,27)(H,29,30,35)/t11-,13-,14-,15-,17+,18-,19-,24-,43?,44?/m1/s1. The number of imidazole rings is 1. The van der Waals surface area contributed by atoms with E-state index < -0.39 is 74.1 Å². The molecule has 3 fully saturated rings. The van der Waals surface area contributed by atoms with Crippen molar-refractivity contribution in [2.75, 3.05) is 25.6 Å². The SMILES string of the molecule is Cc1nc2c(ncn2[C@@H]2O[C@@H]3COP(O)(=S)O[C@@H]4[C@@H](COP(O)(=S)O[C@@H]2[C@@H]3CO)C[C@@H](n2ccc3c(N)ncnc32)[C@@H]4O)c(=O)[nH]1. The molecule has 2 aliphatic heterocycles. The molecule has 0 aromatic carbocycles. The lowest BCUT2D eigenvalue weighted by Crippen LogP contribution is -2.33. The molecule has 0 amide bonds. The first-order chi connectivity index (χ1) is 21.9. The monoisotopic (exact) mass is 716 g/mol. The van der Waals surface area contributed by atoms with Crippen LogP contribution in [-0.4, -0.2) is 98.3 Å². The van der Waals surface area contributed by atoms with E-state index in [1.54, 1.807) is 23.8 Å². The van der Waals surface area contributed by atoms with Gasteiger partial charge < -0.3 is 58.1 Å². The van der Waals surface area contributed by atoms with Crippen molar-refractivity contribution in [3.63, 3.8) is 0 Å². The average molecular weight is 717 g/mol. The largest absolute Gasteiger partial charge is 0.396 e. The van der Waals surface area contributed by atoms with Gasteiger partial charge in [0.1, 0.15) is 41.9 Å². The molecule has 4 aromatic rings. The zero-order valence-electron chi connectivity index (χ0n) is 24.0. The first-order valence-corrected chi connectivity index (χ1v) is 19.3. The summed E-state index contributed by atoms with van der Waals surface area (Å²) in [5, 5.41) is 22.5. The van der Waals surface area contributed by atoms with Crippen molar-refractivity contribution in [2.24, 2.45) is 11.8 Å². The molecule has 22 heteroatoms. The fourth-order valence-electron chi connectivity index (χ4n) is 6.40. The number of aliphatic hydroxyl groups excluding tert-OH is 2. The van der Waals surface area contributed by atoms with Gasteiger partial charge in [0.25, 0.3) is 5.56 Å². The van der Waals surface area contributed by atoms with Gasteiger partial charge in [0.05, 0.1) is 43.7 Å². The number of aromatic nitrogens is 7. The summed E-state index contributed by atoms with van der Waals surface area (Å²) >= 11 is 10.8. The summed E-state index contributed by atoms with van der Waals surface area (Å²) in [6, 6.07) is 1.10. The molecule has 2 bridgehead atoms. The number of H-pyrrole nitrogens is 1. The highest BCUT2D eigenvalue weighted by molar-refractivity contribution is 8.07. The highest BCUT2D eigenvalue weighted by atomic mass is 32.5. The first-order valence-electron chi connectivity index (χ1n) is 14.1. The van der Waals surface area contributed by atoms with Gasteiger partial charge in [-0.25, -0.2) is 19.9 Å². The number of ether oxygens (including phenoxy) is 1. The second-order valence-electron chi connectivity index (χ2n) is 11.3. The lowest BCUT2D eigenvalue weighted by atomic mass is 9.99. The van der Waals surface area contributed by atoms with E-state index >= 15 is 0 Å². The summed E-state index contributed by atoms with van der Waals surface area (Å²) in [7, 11) is 0. The molecule has 2 saturated heterocycles. The molecule has 0 spiro atoms. The number of nitrogens with zero attached hydrogens (tertiary/aromatic N) is 6. The smallest absolute Gasteiger partial charge is 0.324 e. The van der Waals surface area contributed by atoms with E-state index in [1.807, 2.05) is 0 Å². The lowest BCUT2D eigenvalue weighted by Gasteiger charge is -2.29. The molecular weight excluding hydrogens is 686 g/mol. The van der Waals surface area contributed by atoms with Gasteiger partial charge in [-0.1, -0.05) is 0 Å². The Balaban J connectivity index is 1.22. The third-order valence-corrected chi connectivity index (χ3v) is 11.7. The summed E-state index contributed by atoms with van der Waals surface area (Å²) in [5.74, 6) is -0.929. The number of fused-ring (bicyclic) bond motifs is 5. The molecule has 4 aromatic heterocycles. The molecule has 10 atom stereocenters. The Morgan fingerprint density at radius 3 is 2.59 bits per heavy atom. The molecule has 2 unspecified atom stereocenters. The van der Waals surface area contributed by atoms with E-state index in [2.05, 4.69) is 24.9 Å². The Hall–Kier alpha value is -2.29. The number of nitrogens with one attached hydrogen (secondary N) is 1. The maximum absolute atomic E-state index is 12.5. The Morgan fingerprint density at radius 1 is 1.09 bits per heavy atom. The number of aliphatic hydroxyl groups is 2. The predicted molar refractivity (Wildman–Crippen MR) is 167 cm³/mol. The van der Waals surface area contributed by atoms with Crippen LogP contribution in [0, 0.1) is 18.8 Å². The number of aryl methyl sites for hydroxylation is 1. The Morgan fingerprint density at radius 2 is 1.83 bits per heavy atom. The van der Waals surface area contributed by atoms with Crippen molar-refractivity contribution in [2.45, 2.75) is 50.0 Å². The quantitative estimate of drug-likeness (QED) is 0.154. The molecule has 1 aliphatic carbocycles. The first kappa shape index (κ1) is 32.3. The van der Waals surface area contributed by atoms with Crippen molar-refractivity contribution >= 4 is 65.1 Å². The molecule has 7 N–H and O–H groups in total. The molecule has 46 heavy (non-hydrogen) atoms. The van der Waals surface area contributed by atoms with Gasteiger partial charge in [0.2, 0.25) is 0 Å². The van der Waals surface area contributed by atoms with Gasteiger partial charge in [-0.2, -0.15) is 0 Å². The topological polar surface area (TPSA) is 247 Å². The van der Waals surface area contributed by atoms with Gasteiger partial charge in [0, 0.05) is 18.0 Å². The van der Waals surface area contributed by atoms with Gasteiger partial charge in [-0.05, 0) is 43.0 Å². The second-order valence-corrected chi connectivity index (χ2v) is 16.9. The maximum Gasteiger partial charge on any atom is 0.324 e. The zero-order chi connectivity index (χ0) is 32.5. The second kappa shape index (κ2) is 12.0. The molecule has 248 valence electrons. The maximum atomic E-state index is 12.5. The van der Waals surface area contributed by atoms with Crippen LogP contribution in [-0.2, 0) is 46.4 Å². The Labute approximate surface area is 270 Å². The Bertz CT molecular complexity index is 1960. The zero-order valence-corrected chi connectivity index (χ0v) is 27.4. The fourth-order valence-corrected chi connectivity index (χ4v) is 9.37. The van der Waals surface area contributed by atoms with Crippen LogP contribution < -0.4 is 11.3 Å². The Kier molecular flexibility index (Phi) is 8.41. The number of rotatable bonds is 3. The summed E-state index contributed by atoms with van der Waals surface area (Å²) in [6.45, 7) is -7.65. The van der Waals surface area contributed by atoms with E-state index in [4.69, 9.17) is 52.2 Å². The summed E-state index contributed by atoms with van der Waals surface area (Å²) in [5.41, 5.74) is 6.21. The molecule has 6 heterocycles. The van der Waals surface area contributed by atoms with Crippen LogP contribution in [0.5, 0.6) is 0 Å². The van der Waals surface area contributed by atoms with Gasteiger partial charge in [-0.3, -0.25) is 9.36 Å². The molecule has 3 aliphatic rings. The summed E-state index contributed by atoms with van der Waals surface area (Å²) in [6.07, 6.45) is -0.955. The van der Waals surface area contributed by atoms with Crippen molar-refractivity contribution in [3.8, 4) is 0 Å². The van der Waals surface area contributed by atoms with E-state index in [0.29, 0.717) is 16.9 Å². The molecule has 7 rings (SSSR count). The van der Waals surface area contributed by atoms with Crippen molar-refractivity contribution < 1.29 is 42.8 Å². The van der Waals surface area contributed by atoms with Crippen LogP contribution in [0.3, 0.4) is 0 Å². The number of nitrogens with two attached hydrogens (primary N) is 1. The van der Waals surface area contributed by atoms with Crippen LogP contribution in [0.25, 0.3) is 22.2 Å². The van der Waals surface area contributed by atoms with E-state index in [9.17, 15) is 24.8 Å². The van der Waals surface area contributed by atoms with E-state index in [-0.39, 0.29) is 36.6 Å². The van der Waals surface area contributed by atoms with Gasteiger partial charge in [0.15, 0.2) is 17.4 Å². The highest BCUT2D eigenvalue weighted by Gasteiger charge is 2.52. The minimum absolute atomic E-state index is 0.0338. The molecule has 0 radical (unpaired) electrons. The fraction of sp³-hybridized carbons (Fsp3) is 0.542. The number of aromatic amines is 1. The van der Waals surface area contributed by atoms with Crippen LogP contribution in [0.15, 0.2) is 29.7 Å². The van der Waals surface area contributed by atoms with Crippen molar-refractivity contribution in [1.29, 1.82) is 0 Å². The average Bonchev–Trinajstić information content (AvgIpc) is 3.75. The normalized spacial score (nSPS) is 37.2. The van der Waals surface area contributed by atoms with Crippen LogP contribution >= 0.6 is 13.4 Å². The third kappa shape index (κ3) is 5.74. The van der Waals surface area contributed by atoms with Crippen molar-refractivity contribution in [1.82, 2.24) is 34.1 Å². The minimum atomic E-state index is -4.08. The van der Waals surface area contributed by atoms with Gasteiger partial charge >= 0.3 is 13.4 Å². The van der Waals surface area contributed by atoms with Crippen LogP contribution in [0.4, 0.5) is 5.82 Å². The van der Waals surface area contributed by atoms with Crippen molar-refractivity contribution in [3.05, 3.63) is 41.1 Å². The molecular formula is C24H30N8O10P2S2. The van der Waals surface area contributed by atoms with E-state index in [1.165, 1.54) is 17.2 Å². The lowest BCUT2D eigenvalue weighted by molar-refractivity contribution is -0.0534. The molecule has 18 nitrogen and oxygen atoms in total. The number of anilines is 1. The van der Waals surface area contributed by atoms with Crippen LogP contribution in [0.1, 0.15) is 24.5 Å². The van der Waals surface area contributed by atoms with Gasteiger partial charge in [-0.15, -0.1) is 0 Å². The summed E-state index contributed by atoms with van der Waals surface area (Å²) in [4.78, 5) is 54.4. The summed E-state index contributed by atoms with van der Waals surface area (Å²) < 4.78 is 32.8. The highest BCUT2D eigenvalue weighted by Crippen LogP contribution is 2.56. The third-order valence-electron chi connectivity index (χ3n) is 8.53. The number of hydrogen-bond acceptors (Lipinski definition) is 15. The minimum Gasteiger partial charge on any atom is -0.396 e. The number of nitrogen functional groups attached to an aromatic ring is 1. The van der Waals surface area contributed by atoms with Crippen LogP contribution in [0.2, 0.25) is 0 Å². The predicted octanol–water partition coefficient (Wildman–Crippen LogP) is 0.134. The van der Waals surface area contributed by atoms with E-state index in [0.717, 1.165) is 0 Å².